The average Bonchev–Trinajstić information content (AvgIpc) is 3.34. The zero-order valence-electron chi connectivity index (χ0n) is 44.8. The van der Waals surface area contributed by atoms with E-state index in [0.717, 1.165) is 115 Å². The summed E-state index contributed by atoms with van der Waals surface area (Å²) < 4.78 is 67.1. The fourth-order valence-corrected chi connectivity index (χ4v) is 9.01. The Morgan fingerprint density at radius 3 is 1.00 bits per heavy atom. The molecule has 6 atom stereocenters. The van der Waals surface area contributed by atoms with E-state index in [9.17, 15) is 43.2 Å². The second-order valence-corrected chi connectivity index (χ2v) is 22.1. The zero-order valence-corrected chi connectivity index (χ0v) is 46.6. The number of carbonyl (C=O) groups is 4. The lowest BCUT2D eigenvalue weighted by Crippen LogP contribution is -2.30. The van der Waals surface area contributed by atoms with E-state index >= 15 is 0 Å². The number of unbranched alkanes of at least 4 members (excludes halogenated alkanes) is 23. The maximum absolute atomic E-state index is 12.8. The predicted molar refractivity (Wildman–Crippen MR) is 275 cm³/mol. The van der Waals surface area contributed by atoms with Gasteiger partial charge in [0.05, 0.1) is 26.4 Å². The molecule has 0 amide bonds. The minimum atomic E-state index is -4.93. The van der Waals surface area contributed by atoms with Gasteiger partial charge in [-0.1, -0.05) is 195 Å². The van der Waals surface area contributed by atoms with Crippen LogP contribution in [-0.4, -0.2) is 96.7 Å². The van der Waals surface area contributed by atoms with E-state index in [1.54, 1.807) is 0 Å². The summed E-state index contributed by atoms with van der Waals surface area (Å²) >= 11 is 0. The van der Waals surface area contributed by atoms with Gasteiger partial charge in [0.25, 0.3) is 0 Å². The summed E-state index contributed by atoms with van der Waals surface area (Å²) in [6, 6.07) is 0. The van der Waals surface area contributed by atoms with Crippen LogP contribution in [0.4, 0.5) is 0 Å². The molecule has 0 aliphatic heterocycles. The number of esters is 4. The number of rotatable bonds is 52. The first-order chi connectivity index (χ1) is 34.1. The first kappa shape index (κ1) is 69.1. The number of phosphoric ester groups is 2. The first-order valence-electron chi connectivity index (χ1n) is 27.7. The van der Waals surface area contributed by atoms with E-state index in [-0.39, 0.29) is 25.7 Å². The minimum Gasteiger partial charge on any atom is -0.462 e. The summed E-state index contributed by atoms with van der Waals surface area (Å²) in [5.74, 6) is -1.45. The van der Waals surface area contributed by atoms with E-state index in [2.05, 4.69) is 34.6 Å². The molecule has 0 bridgehead atoms. The quantitative estimate of drug-likeness (QED) is 0.0222. The van der Waals surface area contributed by atoms with Crippen LogP contribution in [-0.2, 0) is 65.4 Å². The molecule has 0 aliphatic carbocycles. The fourth-order valence-electron chi connectivity index (χ4n) is 7.43. The minimum absolute atomic E-state index is 0.102. The van der Waals surface area contributed by atoms with Crippen molar-refractivity contribution in [3.8, 4) is 0 Å². The van der Waals surface area contributed by atoms with Crippen molar-refractivity contribution in [1.29, 1.82) is 0 Å². The van der Waals surface area contributed by atoms with Gasteiger partial charge in [0.2, 0.25) is 0 Å². The van der Waals surface area contributed by atoms with Gasteiger partial charge in [0, 0.05) is 25.7 Å². The third-order valence-corrected chi connectivity index (χ3v) is 14.0. The summed E-state index contributed by atoms with van der Waals surface area (Å²) in [6.45, 7) is 6.90. The van der Waals surface area contributed by atoms with Gasteiger partial charge in [-0.3, -0.25) is 37.3 Å². The van der Waals surface area contributed by atoms with Crippen molar-refractivity contribution >= 4 is 39.5 Å². The molecule has 0 aromatic carbocycles. The summed E-state index contributed by atoms with van der Waals surface area (Å²) in [7, 11) is -9.85. The molecule has 3 unspecified atom stereocenters. The van der Waals surface area contributed by atoms with Crippen LogP contribution in [0.3, 0.4) is 0 Å². The van der Waals surface area contributed by atoms with Crippen molar-refractivity contribution in [1.82, 2.24) is 0 Å². The van der Waals surface area contributed by atoms with Crippen LogP contribution >= 0.6 is 15.6 Å². The number of carbonyl (C=O) groups excluding carboxylic acids is 4. The van der Waals surface area contributed by atoms with Crippen molar-refractivity contribution in [3.05, 3.63) is 0 Å². The van der Waals surface area contributed by atoms with Gasteiger partial charge in [-0.2, -0.15) is 0 Å². The molecular formula is C52H100O17P2. The van der Waals surface area contributed by atoms with Crippen molar-refractivity contribution < 1.29 is 80.2 Å². The zero-order chi connectivity index (χ0) is 52.9. The molecule has 0 aliphatic rings. The van der Waals surface area contributed by atoms with E-state index in [4.69, 9.17) is 37.0 Å². The number of hydrogen-bond acceptors (Lipinski definition) is 15. The fraction of sp³-hybridized carbons (Fsp3) is 0.923. The largest absolute Gasteiger partial charge is 0.472 e. The molecule has 3 N–H and O–H groups in total. The van der Waals surface area contributed by atoms with Crippen molar-refractivity contribution in [2.24, 2.45) is 5.92 Å². The molecule has 0 rings (SSSR count). The van der Waals surface area contributed by atoms with Crippen molar-refractivity contribution in [2.45, 2.75) is 265 Å². The van der Waals surface area contributed by atoms with Gasteiger partial charge < -0.3 is 33.8 Å². The predicted octanol–water partition coefficient (Wildman–Crippen LogP) is 13.1. The lowest BCUT2D eigenvalue weighted by Gasteiger charge is -2.21. The van der Waals surface area contributed by atoms with E-state index in [0.29, 0.717) is 25.7 Å². The van der Waals surface area contributed by atoms with Gasteiger partial charge in [0.1, 0.15) is 19.3 Å². The highest BCUT2D eigenvalue weighted by molar-refractivity contribution is 7.47. The van der Waals surface area contributed by atoms with E-state index in [1.807, 2.05) is 0 Å². The number of phosphoric acid groups is 2. The second-order valence-electron chi connectivity index (χ2n) is 19.2. The Hall–Kier alpha value is -1.94. The first-order valence-corrected chi connectivity index (χ1v) is 30.7. The van der Waals surface area contributed by atoms with Gasteiger partial charge in [-0.15, -0.1) is 0 Å². The van der Waals surface area contributed by atoms with Crippen LogP contribution in [0.1, 0.15) is 247 Å². The molecule has 0 heterocycles. The number of aliphatic hydroxyl groups excluding tert-OH is 1. The Morgan fingerprint density at radius 2 is 0.676 bits per heavy atom. The molecule has 420 valence electrons. The van der Waals surface area contributed by atoms with Crippen LogP contribution < -0.4 is 0 Å². The maximum atomic E-state index is 12.8. The molecule has 71 heavy (non-hydrogen) atoms. The van der Waals surface area contributed by atoms with Crippen molar-refractivity contribution in [2.75, 3.05) is 39.6 Å². The Morgan fingerprint density at radius 1 is 0.394 bits per heavy atom. The molecule has 0 saturated heterocycles. The Labute approximate surface area is 428 Å². The van der Waals surface area contributed by atoms with Gasteiger partial charge >= 0.3 is 39.5 Å². The molecular weight excluding hydrogens is 959 g/mol. The van der Waals surface area contributed by atoms with Crippen LogP contribution in [0.5, 0.6) is 0 Å². The molecule has 0 radical (unpaired) electrons. The third-order valence-electron chi connectivity index (χ3n) is 12.1. The smallest absolute Gasteiger partial charge is 0.462 e. The summed E-state index contributed by atoms with van der Waals surface area (Å²) in [5.41, 5.74) is 0. The second kappa shape index (κ2) is 46.6. The summed E-state index contributed by atoms with van der Waals surface area (Å²) in [4.78, 5) is 71.2. The average molecular weight is 1060 g/mol. The molecule has 0 spiro atoms. The van der Waals surface area contributed by atoms with Gasteiger partial charge in [0.15, 0.2) is 12.2 Å². The highest BCUT2D eigenvalue weighted by atomic mass is 31.2. The van der Waals surface area contributed by atoms with Crippen LogP contribution in [0.2, 0.25) is 0 Å². The van der Waals surface area contributed by atoms with E-state index < -0.39 is 97.5 Å². The standard InChI is InChI=1S/C52H100O17P2/c1-6-10-13-16-18-19-21-26-31-36-50(55)63-42-48(69-52(57)38-33-28-23-22-25-29-34-45(5)9-4)44-67-71(60,61)65-40-46(53)39-64-70(58,59)66-43-47(41-62-49(54)35-30-24-15-12-8-3)68-51(56)37-32-27-20-17-14-11-7-2/h45-48,53H,6-44H2,1-5H3,(H,58,59)(H,60,61)/t45?,46-,47+,48+/m0/s1. The van der Waals surface area contributed by atoms with Gasteiger partial charge in [-0.05, 0) is 31.6 Å². The van der Waals surface area contributed by atoms with Crippen LogP contribution in [0.15, 0.2) is 0 Å². The maximum Gasteiger partial charge on any atom is 0.472 e. The van der Waals surface area contributed by atoms with Crippen molar-refractivity contribution in [3.63, 3.8) is 0 Å². The van der Waals surface area contributed by atoms with Crippen LogP contribution in [0.25, 0.3) is 0 Å². The number of hydrogen-bond donors (Lipinski definition) is 3. The number of aliphatic hydroxyl groups is 1. The SMILES string of the molecule is CCCCCCCCCCCC(=O)OC[C@H](COP(=O)(O)OC[C@@H](O)COP(=O)(O)OC[C@@H](COC(=O)CCCCCCC)OC(=O)CCCCCCCCC)OC(=O)CCCCCCCCC(C)CC. The monoisotopic (exact) mass is 1060 g/mol. The topological polar surface area (TPSA) is 237 Å². The summed E-state index contributed by atoms with van der Waals surface area (Å²) in [5, 5.41) is 10.4. The molecule has 17 nitrogen and oxygen atoms in total. The highest BCUT2D eigenvalue weighted by Crippen LogP contribution is 2.45. The number of ether oxygens (including phenoxy) is 4. The molecule has 0 aromatic rings. The lowest BCUT2D eigenvalue weighted by atomic mass is 10.00. The Kier molecular flexibility index (Phi) is 45.3. The molecule has 0 saturated carbocycles. The summed E-state index contributed by atoms with van der Waals surface area (Å²) in [6.07, 6.45) is 25.8. The third kappa shape index (κ3) is 46.3. The van der Waals surface area contributed by atoms with Gasteiger partial charge in [-0.25, -0.2) is 9.13 Å². The van der Waals surface area contributed by atoms with E-state index in [1.165, 1.54) is 51.4 Å². The normalized spacial score (nSPS) is 15.0. The van der Waals surface area contributed by atoms with Crippen LogP contribution in [0, 0.1) is 5.92 Å². The highest BCUT2D eigenvalue weighted by Gasteiger charge is 2.30. The Balaban J connectivity index is 5.18. The molecule has 0 aromatic heterocycles. The molecule has 19 heteroatoms. The lowest BCUT2D eigenvalue weighted by molar-refractivity contribution is -0.161. The Bertz CT molecular complexity index is 1420. The molecule has 0 fully saturated rings.